The number of nitrogens with two attached hydrogens (primary N) is 1. The molecule has 7 nitrogen and oxygen atoms in total. The molecule has 0 saturated heterocycles. The largest absolute Gasteiger partial charge is 0.362 e. The average molecular weight is 437 g/mol. The summed E-state index contributed by atoms with van der Waals surface area (Å²) < 4.78 is 29.1. The molecule has 1 atom stereocenters. The van der Waals surface area contributed by atoms with Gasteiger partial charge in [-0.1, -0.05) is 43.2 Å². The van der Waals surface area contributed by atoms with Gasteiger partial charge in [-0.05, 0) is 49.2 Å². The van der Waals surface area contributed by atoms with Crippen LogP contribution in [0.1, 0.15) is 37.7 Å². The third-order valence-electron chi connectivity index (χ3n) is 4.24. The van der Waals surface area contributed by atoms with Gasteiger partial charge in [0.25, 0.3) is 0 Å². The van der Waals surface area contributed by atoms with Crippen LogP contribution in [0, 0.1) is 0 Å². The molecule has 0 aliphatic rings. The van der Waals surface area contributed by atoms with E-state index in [2.05, 4.69) is 15.6 Å². The van der Waals surface area contributed by atoms with Gasteiger partial charge in [-0.15, -0.1) is 0 Å². The number of aromatic nitrogens is 1. The second kappa shape index (κ2) is 12.5. The second-order valence-electron chi connectivity index (χ2n) is 6.63. The van der Waals surface area contributed by atoms with E-state index < -0.39 is 15.5 Å². The molecular weight excluding hydrogens is 408 g/mol. The van der Waals surface area contributed by atoms with Crippen molar-refractivity contribution < 1.29 is 13.2 Å². The summed E-state index contributed by atoms with van der Waals surface area (Å²) in [6, 6.07) is 13.1. The van der Waals surface area contributed by atoms with Gasteiger partial charge in [-0.3, -0.25) is 4.98 Å². The van der Waals surface area contributed by atoms with Crippen molar-refractivity contribution in [1.82, 2.24) is 10.3 Å². The number of pyridine rings is 1. The van der Waals surface area contributed by atoms with Crippen LogP contribution >= 0.6 is 12.2 Å². The van der Waals surface area contributed by atoms with Crippen molar-refractivity contribution in [2.45, 2.75) is 44.1 Å². The monoisotopic (exact) mass is 436 g/mol. The summed E-state index contributed by atoms with van der Waals surface area (Å²) in [7, 11) is -3.74. The number of sulfonamides is 1. The highest BCUT2D eigenvalue weighted by atomic mass is 32.2. The zero-order valence-electron chi connectivity index (χ0n) is 16.3. The van der Waals surface area contributed by atoms with Gasteiger partial charge in [0.15, 0.2) is 10.5 Å². The zero-order chi connectivity index (χ0) is 21.0. The number of benzene rings is 1. The van der Waals surface area contributed by atoms with Crippen LogP contribution in [0.4, 0.5) is 5.69 Å². The van der Waals surface area contributed by atoms with E-state index >= 15 is 0 Å². The molecule has 9 heteroatoms. The lowest BCUT2D eigenvalue weighted by molar-refractivity contribution is 0.0847. The van der Waals surface area contributed by atoms with Crippen LogP contribution in [0.25, 0.3) is 0 Å². The van der Waals surface area contributed by atoms with Gasteiger partial charge in [0.05, 0.1) is 6.61 Å². The molecule has 0 bridgehead atoms. The number of hydrogen-bond acceptors (Lipinski definition) is 5. The Morgan fingerprint density at radius 1 is 1.07 bits per heavy atom. The number of nitrogens with zero attached hydrogens (tertiary/aromatic N) is 1. The van der Waals surface area contributed by atoms with Crippen LogP contribution in [-0.2, 0) is 21.4 Å². The molecular formula is C20H28N4O3S2. The first kappa shape index (κ1) is 23.2. The van der Waals surface area contributed by atoms with E-state index in [1.54, 1.807) is 12.4 Å². The zero-order valence-corrected chi connectivity index (χ0v) is 17.9. The van der Waals surface area contributed by atoms with Gasteiger partial charge in [0.2, 0.25) is 10.0 Å². The van der Waals surface area contributed by atoms with Crippen molar-refractivity contribution in [2.24, 2.45) is 5.14 Å². The van der Waals surface area contributed by atoms with Gasteiger partial charge >= 0.3 is 0 Å². The fraction of sp³-hybridized carbons (Fsp3) is 0.400. The Morgan fingerprint density at radius 2 is 1.76 bits per heavy atom. The minimum Gasteiger partial charge on any atom is -0.362 e. The molecule has 29 heavy (non-hydrogen) atoms. The third kappa shape index (κ3) is 9.80. The minimum absolute atomic E-state index is 0.230. The molecule has 158 valence electrons. The maximum atomic E-state index is 11.8. The molecule has 2 aromatic rings. The maximum Gasteiger partial charge on any atom is 0.236 e. The molecule has 1 heterocycles. The molecule has 1 aromatic heterocycles. The number of nitrogens with one attached hydrogen (secondary N) is 2. The molecule has 0 amide bonds. The average Bonchev–Trinajstić information content (AvgIpc) is 2.70. The summed E-state index contributed by atoms with van der Waals surface area (Å²) in [4.78, 5) is 3.95. The van der Waals surface area contributed by atoms with Crippen LogP contribution in [0.3, 0.4) is 0 Å². The number of ether oxygens (including phenoxy) is 1. The third-order valence-corrected chi connectivity index (χ3v) is 5.59. The van der Waals surface area contributed by atoms with Gasteiger partial charge in [0, 0.05) is 24.6 Å². The SMILES string of the molecule is NS(=O)(=O)C(CCCCCCNC(=S)Nc1ccncc1)OCc1ccccc1. The molecule has 1 unspecified atom stereocenters. The van der Waals surface area contributed by atoms with Gasteiger partial charge in [0.1, 0.15) is 0 Å². The van der Waals surface area contributed by atoms with E-state index in [0.717, 1.165) is 43.5 Å². The Kier molecular flexibility index (Phi) is 9.99. The van der Waals surface area contributed by atoms with Crippen LogP contribution in [0.2, 0.25) is 0 Å². The fourth-order valence-corrected chi connectivity index (χ4v) is 3.68. The van der Waals surface area contributed by atoms with Crippen LogP contribution < -0.4 is 15.8 Å². The summed E-state index contributed by atoms with van der Waals surface area (Å²) >= 11 is 5.24. The molecule has 0 radical (unpaired) electrons. The van der Waals surface area contributed by atoms with Crippen LogP contribution in [0.5, 0.6) is 0 Å². The van der Waals surface area contributed by atoms with E-state index in [-0.39, 0.29) is 6.61 Å². The summed E-state index contributed by atoms with van der Waals surface area (Å²) in [5.74, 6) is 0. The number of thiocarbonyl (C=S) groups is 1. The first-order valence-electron chi connectivity index (χ1n) is 9.57. The normalized spacial score (nSPS) is 12.3. The van der Waals surface area contributed by atoms with E-state index in [1.165, 1.54) is 0 Å². The first-order chi connectivity index (χ1) is 13.9. The highest BCUT2D eigenvalue weighted by molar-refractivity contribution is 7.89. The van der Waals surface area contributed by atoms with Crippen LogP contribution in [0.15, 0.2) is 54.9 Å². The molecule has 0 fully saturated rings. The summed E-state index contributed by atoms with van der Waals surface area (Å²) in [6.07, 6.45) is 7.31. The smallest absolute Gasteiger partial charge is 0.236 e. The molecule has 4 N–H and O–H groups in total. The second-order valence-corrected chi connectivity index (χ2v) is 8.75. The van der Waals surface area contributed by atoms with E-state index in [1.807, 2.05) is 42.5 Å². The molecule has 0 aliphatic carbocycles. The van der Waals surface area contributed by atoms with E-state index in [0.29, 0.717) is 11.5 Å². The lowest BCUT2D eigenvalue weighted by Crippen LogP contribution is -2.31. The number of hydrogen-bond donors (Lipinski definition) is 3. The van der Waals surface area contributed by atoms with Crippen molar-refractivity contribution in [3.05, 3.63) is 60.4 Å². The minimum atomic E-state index is -3.74. The summed E-state index contributed by atoms with van der Waals surface area (Å²) in [5.41, 5.74) is 0.837. The maximum absolute atomic E-state index is 11.8. The lowest BCUT2D eigenvalue weighted by atomic mass is 10.1. The fourth-order valence-electron chi connectivity index (χ4n) is 2.71. The number of anilines is 1. The van der Waals surface area contributed by atoms with Gasteiger partial charge < -0.3 is 15.4 Å². The molecule has 1 aromatic carbocycles. The number of primary sulfonamides is 1. The van der Waals surface area contributed by atoms with Crippen molar-refractivity contribution >= 4 is 33.0 Å². The Bertz CT molecular complexity index is 833. The quantitative estimate of drug-likeness (QED) is 0.347. The Balaban J connectivity index is 1.59. The summed E-state index contributed by atoms with van der Waals surface area (Å²) in [5, 5.41) is 12.1. The predicted octanol–water partition coefficient (Wildman–Crippen LogP) is 3.15. The Morgan fingerprint density at radius 3 is 2.45 bits per heavy atom. The van der Waals surface area contributed by atoms with E-state index in [9.17, 15) is 8.42 Å². The lowest BCUT2D eigenvalue weighted by Gasteiger charge is -2.16. The highest BCUT2D eigenvalue weighted by Gasteiger charge is 2.21. The van der Waals surface area contributed by atoms with Crippen molar-refractivity contribution in [1.29, 1.82) is 0 Å². The topological polar surface area (TPSA) is 106 Å². The number of unbranched alkanes of at least 4 members (excludes halogenated alkanes) is 3. The highest BCUT2D eigenvalue weighted by Crippen LogP contribution is 2.14. The summed E-state index contributed by atoms with van der Waals surface area (Å²) in [6.45, 7) is 0.980. The molecule has 2 rings (SSSR count). The predicted molar refractivity (Wildman–Crippen MR) is 120 cm³/mol. The van der Waals surface area contributed by atoms with Crippen molar-refractivity contribution in [3.8, 4) is 0 Å². The Hall–Kier alpha value is -2.07. The molecule has 0 aliphatic heterocycles. The Labute approximate surface area is 178 Å². The number of rotatable bonds is 12. The van der Waals surface area contributed by atoms with Gasteiger partial charge in [-0.2, -0.15) is 0 Å². The van der Waals surface area contributed by atoms with Crippen molar-refractivity contribution in [2.75, 3.05) is 11.9 Å². The van der Waals surface area contributed by atoms with Gasteiger partial charge in [-0.25, -0.2) is 13.6 Å². The molecule has 0 saturated carbocycles. The van der Waals surface area contributed by atoms with Crippen LogP contribution in [-0.4, -0.2) is 30.5 Å². The standard InChI is InChI=1S/C20H28N4O3S2/c21-29(25,26)19(27-16-17-8-4-3-5-9-17)10-6-1-2-7-13-23-20(28)24-18-11-14-22-15-12-18/h3-5,8-9,11-12,14-15,19H,1-2,6-7,10,13,16H2,(H2,21,25,26)(H2,22,23,24,28). The molecule has 0 spiro atoms. The van der Waals surface area contributed by atoms with E-state index in [4.69, 9.17) is 22.1 Å². The first-order valence-corrected chi connectivity index (χ1v) is 11.6. The van der Waals surface area contributed by atoms with Crippen molar-refractivity contribution in [3.63, 3.8) is 0 Å².